The molecule has 19 heavy (non-hydrogen) atoms. The summed E-state index contributed by atoms with van der Waals surface area (Å²) < 4.78 is 5.29. The fraction of sp³-hybridized carbons (Fsp3) is 0. The molecule has 92 valence electrons. The first kappa shape index (κ1) is 12.1. The van der Waals surface area contributed by atoms with E-state index in [2.05, 4.69) is 15.2 Å². The lowest BCUT2D eigenvalue weighted by Crippen LogP contribution is -1.98. The Morgan fingerprint density at radius 2 is 2.16 bits per heavy atom. The van der Waals surface area contributed by atoms with Gasteiger partial charge in [0.15, 0.2) is 11.6 Å². The van der Waals surface area contributed by atoms with Crippen LogP contribution < -0.4 is 0 Å². The molecule has 0 unspecified atom stereocenters. The van der Waals surface area contributed by atoms with Gasteiger partial charge in [-0.3, -0.25) is 5.10 Å². The molecule has 0 aliphatic heterocycles. The quantitative estimate of drug-likeness (QED) is 0.785. The SMILES string of the molecule is N#CC(C#N)=Cc1ccc(-c2nc(C(=O)O)n[nH]2)o1. The van der Waals surface area contributed by atoms with Gasteiger partial charge in [-0.05, 0) is 12.1 Å². The van der Waals surface area contributed by atoms with Gasteiger partial charge in [0.1, 0.15) is 23.5 Å². The van der Waals surface area contributed by atoms with Crippen LogP contribution in [0.25, 0.3) is 17.7 Å². The summed E-state index contributed by atoms with van der Waals surface area (Å²) in [4.78, 5) is 14.3. The van der Waals surface area contributed by atoms with Crippen molar-refractivity contribution in [3.63, 3.8) is 0 Å². The molecule has 0 aromatic carbocycles. The summed E-state index contributed by atoms with van der Waals surface area (Å²) in [5, 5.41) is 31.8. The Kier molecular flexibility index (Phi) is 3.09. The number of hydrogen-bond donors (Lipinski definition) is 2. The Morgan fingerprint density at radius 1 is 1.42 bits per heavy atom. The minimum Gasteiger partial charge on any atom is -0.475 e. The molecule has 0 aliphatic carbocycles. The Balaban J connectivity index is 2.31. The normalized spacial score (nSPS) is 9.37. The molecule has 8 nitrogen and oxygen atoms in total. The summed E-state index contributed by atoms with van der Waals surface area (Å²) in [5.74, 6) is -0.959. The van der Waals surface area contributed by atoms with Crippen LogP contribution in [0.3, 0.4) is 0 Å². The molecule has 0 saturated carbocycles. The van der Waals surface area contributed by atoms with Crippen LogP contribution in [0.4, 0.5) is 0 Å². The molecule has 0 bridgehead atoms. The zero-order valence-corrected chi connectivity index (χ0v) is 9.28. The fourth-order valence-corrected chi connectivity index (χ4v) is 1.26. The third kappa shape index (κ3) is 2.48. The molecule has 0 amide bonds. The van der Waals surface area contributed by atoms with Gasteiger partial charge in [0.2, 0.25) is 0 Å². The van der Waals surface area contributed by atoms with Crippen LogP contribution in [0.15, 0.2) is 22.1 Å². The summed E-state index contributed by atoms with van der Waals surface area (Å²) in [6.45, 7) is 0. The van der Waals surface area contributed by atoms with Gasteiger partial charge in [0.25, 0.3) is 5.82 Å². The van der Waals surface area contributed by atoms with E-state index in [1.807, 2.05) is 0 Å². The van der Waals surface area contributed by atoms with Crippen molar-refractivity contribution in [2.75, 3.05) is 0 Å². The molecule has 2 aromatic rings. The second kappa shape index (κ2) is 4.85. The van der Waals surface area contributed by atoms with Gasteiger partial charge in [0, 0.05) is 6.08 Å². The van der Waals surface area contributed by atoms with Crippen LogP contribution in [0.1, 0.15) is 16.4 Å². The van der Waals surface area contributed by atoms with Crippen LogP contribution in [0, 0.1) is 22.7 Å². The average Bonchev–Trinajstić information content (AvgIpc) is 3.04. The van der Waals surface area contributed by atoms with E-state index in [1.54, 1.807) is 12.1 Å². The van der Waals surface area contributed by atoms with Gasteiger partial charge in [0.05, 0.1) is 0 Å². The molecular weight excluding hydrogens is 250 g/mol. The number of rotatable bonds is 3. The number of nitrogens with one attached hydrogen (secondary N) is 1. The fourth-order valence-electron chi connectivity index (χ4n) is 1.26. The second-order valence-corrected chi connectivity index (χ2v) is 3.30. The molecular formula is C11H5N5O3. The number of aromatic nitrogens is 3. The number of carboxylic acids is 1. The number of allylic oxidation sites excluding steroid dienone is 1. The standard InChI is InChI=1S/C11H5N5O3/c12-4-6(5-13)3-7-1-2-8(19-7)9-14-10(11(17)18)16-15-9/h1-3H,(H,17,18)(H,14,15,16). The predicted octanol–water partition coefficient (Wildman–Crippen LogP) is 1.19. The molecule has 0 fully saturated rings. The highest BCUT2D eigenvalue weighted by atomic mass is 16.4. The lowest BCUT2D eigenvalue weighted by molar-refractivity contribution is 0.0684. The van der Waals surface area contributed by atoms with E-state index in [-0.39, 0.29) is 28.7 Å². The number of hydrogen-bond acceptors (Lipinski definition) is 6. The van der Waals surface area contributed by atoms with Crippen molar-refractivity contribution in [1.29, 1.82) is 10.5 Å². The largest absolute Gasteiger partial charge is 0.475 e. The maximum atomic E-state index is 10.6. The summed E-state index contributed by atoms with van der Waals surface area (Å²) in [5.41, 5.74) is -0.107. The second-order valence-electron chi connectivity index (χ2n) is 3.30. The van der Waals surface area contributed by atoms with Crippen molar-refractivity contribution in [2.24, 2.45) is 0 Å². The number of carbonyl (C=O) groups is 1. The van der Waals surface area contributed by atoms with Crippen LogP contribution in [0.5, 0.6) is 0 Å². The minimum absolute atomic E-state index is 0.107. The molecule has 2 aromatic heterocycles. The summed E-state index contributed by atoms with van der Waals surface area (Å²) in [6, 6.07) is 6.43. The molecule has 2 heterocycles. The van der Waals surface area contributed by atoms with Crippen LogP contribution in [-0.2, 0) is 0 Å². The van der Waals surface area contributed by atoms with Gasteiger partial charge < -0.3 is 9.52 Å². The highest BCUT2D eigenvalue weighted by Crippen LogP contribution is 2.20. The maximum Gasteiger partial charge on any atom is 0.375 e. The first-order valence-electron chi connectivity index (χ1n) is 4.92. The Hall–Kier alpha value is -3.39. The Morgan fingerprint density at radius 3 is 2.74 bits per heavy atom. The number of nitriles is 2. The highest BCUT2D eigenvalue weighted by Gasteiger charge is 2.13. The van der Waals surface area contributed by atoms with Gasteiger partial charge >= 0.3 is 5.97 Å². The maximum absolute atomic E-state index is 10.6. The molecule has 2 rings (SSSR count). The Bertz CT molecular complexity index is 725. The lowest BCUT2D eigenvalue weighted by atomic mass is 10.3. The van der Waals surface area contributed by atoms with E-state index >= 15 is 0 Å². The topological polar surface area (TPSA) is 140 Å². The van der Waals surface area contributed by atoms with E-state index in [0.29, 0.717) is 0 Å². The summed E-state index contributed by atoms with van der Waals surface area (Å²) in [6.07, 6.45) is 1.26. The van der Waals surface area contributed by atoms with Crippen LogP contribution in [0.2, 0.25) is 0 Å². The van der Waals surface area contributed by atoms with Gasteiger partial charge in [-0.15, -0.1) is 5.10 Å². The Labute approximate surface area is 106 Å². The molecule has 2 N–H and O–H groups in total. The van der Waals surface area contributed by atoms with Crippen LogP contribution in [-0.4, -0.2) is 26.3 Å². The third-order valence-electron chi connectivity index (χ3n) is 2.06. The van der Waals surface area contributed by atoms with Crippen molar-refractivity contribution in [1.82, 2.24) is 15.2 Å². The van der Waals surface area contributed by atoms with E-state index in [4.69, 9.17) is 20.0 Å². The van der Waals surface area contributed by atoms with E-state index in [0.717, 1.165) is 0 Å². The molecule has 0 spiro atoms. The van der Waals surface area contributed by atoms with Crippen molar-refractivity contribution < 1.29 is 14.3 Å². The number of aromatic carboxylic acids is 1. The molecule has 8 heteroatoms. The molecule has 0 saturated heterocycles. The summed E-state index contributed by atoms with van der Waals surface area (Å²) in [7, 11) is 0. The number of furan rings is 1. The number of nitrogens with zero attached hydrogens (tertiary/aromatic N) is 4. The smallest absolute Gasteiger partial charge is 0.375 e. The first-order valence-corrected chi connectivity index (χ1v) is 4.92. The monoisotopic (exact) mass is 255 g/mol. The van der Waals surface area contributed by atoms with E-state index < -0.39 is 5.97 Å². The zero-order valence-electron chi connectivity index (χ0n) is 9.28. The zero-order chi connectivity index (χ0) is 13.8. The first-order chi connectivity index (χ1) is 9.13. The number of carboxylic acid groups (broad SMARTS) is 1. The molecule has 0 radical (unpaired) electrons. The predicted molar refractivity (Wildman–Crippen MR) is 60.2 cm³/mol. The minimum atomic E-state index is -1.26. The molecule has 0 aliphatic rings. The van der Waals surface area contributed by atoms with E-state index in [1.165, 1.54) is 18.2 Å². The van der Waals surface area contributed by atoms with Crippen molar-refractivity contribution in [3.8, 4) is 23.7 Å². The molecule has 0 atom stereocenters. The van der Waals surface area contributed by atoms with Crippen molar-refractivity contribution in [3.05, 3.63) is 29.3 Å². The number of H-pyrrole nitrogens is 1. The van der Waals surface area contributed by atoms with Crippen molar-refractivity contribution in [2.45, 2.75) is 0 Å². The van der Waals surface area contributed by atoms with E-state index in [9.17, 15) is 4.79 Å². The lowest BCUT2D eigenvalue weighted by Gasteiger charge is -1.88. The highest BCUT2D eigenvalue weighted by molar-refractivity contribution is 5.83. The average molecular weight is 255 g/mol. The van der Waals surface area contributed by atoms with Gasteiger partial charge in [-0.1, -0.05) is 0 Å². The van der Waals surface area contributed by atoms with Gasteiger partial charge in [-0.2, -0.15) is 15.5 Å². The number of aromatic amines is 1. The third-order valence-corrected chi connectivity index (χ3v) is 2.06. The van der Waals surface area contributed by atoms with Gasteiger partial charge in [-0.25, -0.2) is 4.79 Å². The van der Waals surface area contributed by atoms with Crippen LogP contribution >= 0.6 is 0 Å². The van der Waals surface area contributed by atoms with Crippen molar-refractivity contribution >= 4 is 12.0 Å². The summed E-state index contributed by atoms with van der Waals surface area (Å²) >= 11 is 0.